The molecule has 0 aliphatic heterocycles. The van der Waals surface area contributed by atoms with Crippen LogP contribution in [-0.2, 0) is 14.3 Å². The Bertz CT molecular complexity index is 343. The number of esters is 1. The van der Waals surface area contributed by atoms with Gasteiger partial charge in [-0.3, -0.25) is 9.59 Å². The lowest BCUT2D eigenvalue weighted by Crippen LogP contribution is -2.43. The number of hydrogen-bond donors (Lipinski definition) is 0. The molecular weight excluding hydrogens is 232 g/mol. The van der Waals surface area contributed by atoms with Gasteiger partial charge in [0.05, 0.1) is 19.1 Å². The van der Waals surface area contributed by atoms with Gasteiger partial charge < -0.3 is 9.64 Å². The van der Waals surface area contributed by atoms with Crippen LogP contribution in [0.3, 0.4) is 0 Å². The summed E-state index contributed by atoms with van der Waals surface area (Å²) in [5.41, 5.74) is -0.982. The van der Waals surface area contributed by atoms with Crippen LogP contribution in [-0.4, -0.2) is 37.5 Å². The van der Waals surface area contributed by atoms with E-state index in [1.807, 2.05) is 13.8 Å². The molecule has 0 saturated carbocycles. The molecule has 0 bridgehead atoms. The molecule has 5 heteroatoms. The molecule has 0 heterocycles. The number of nitrogens with zero attached hydrogens (tertiary/aromatic N) is 2. The van der Waals surface area contributed by atoms with E-state index in [9.17, 15) is 14.9 Å². The minimum atomic E-state index is -0.982. The van der Waals surface area contributed by atoms with E-state index in [4.69, 9.17) is 0 Å². The van der Waals surface area contributed by atoms with E-state index < -0.39 is 11.3 Å². The first-order valence-corrected chi connectivity index (χ1v) is 6.13. The highest BCUT2D eigenvalue weighted by atomic mass is 16.5. The van der Waals surface area contributed by atoms with Crippen molar-refractivity contribution in [3.63, 3.8) is 0 Å². The summed E-state index contributed by atoms with van der Waals surface area (Å²) in [5, 5.41) is 9.20. The molecule has 5 nitrogen and oxygen atoms in total. The molecule has 0 rings (SSSR count). The highest BCUT2D eigenvalue weighted by Crippen LogP contribution is 2.27. The lowest BCUT2D eigenvalue weighted by molar-refractivity contribution is -0.147. The third-order valence-electron chi connectivity index (χ3n) is 3.33. The van der Waals surface area contributed by atoms with E-state index in [-0.39, 0.29) is 18.4 Å². The monoisotopic (exact) mass is 254 g/mol. The van der Waals surface area contributed by atoms with Crippen molar-refractivity contribution in [3.8, 4) is 6.07 Å². The summed E-state index contributed by atoms with van der Waals surface area (Å²) in [6.45, 7) is 5.60. The molecule has 1 atom stereocenters. The third-order valence-corrected chi connectivity index (χ3v) is 3.33. The Morgan fingerprint density at radius 2 is 1.89 bits per heavy atom. The number of amides is 1. The molecule has 0 saturated heterocycles. The summed E-state index contributed by atoms with van der Waals surface area (Å²) in [4.78, 5) is 25.0. The van der Waals surface area contributed by atoms with Crippen molar-refractivity contribution < 1.29 is 14.3 Å². The van der Waals surface area contributed by atoms with Crippen LogP contribution in [0.1, 0.15) is 33.6 Å². The average molecular weight is 254 g/mol. The molecule has 0 spiro atoms. The van der Waals surface area contributed by atoms with Gasteiger partial charge in [0.1, 0.15) is 5.41 Å². The Balaban J connectivity index is 4.80. The standard InChI is InChI=1S/C13H22N2O3/c1-6-13(7-2,9-14)12(17)15(4)8-10(3)11(16)18-5/h10H,6-8H2,1-5H3. The number of rotatable bonds is 6. The van der Waals surface area contributed by atoms with Gasteiger partial charge in [-0.05, 0) is 12.8 Å². The zero-order valence-electron chi connectivity index (χ0n) is 11.8. The van der Waals surface area contributed by atoms with Crippen molar-refractivity contribution in [2.75, 3.05) is 20.7 Å². The first kappa shape index (κ1) is 16.4. The molecule has 1 amide bonds. The quantitative estimate of drug-likeness (QED) is 0.675. The first-order chi connectivity index (χ1) is 8.38. The number of carbonyl (C=O) groups is 2. The molecule has 1 unspecified atom stereocenters. The molecule has 0 N–H and O–H groups in total. The van der Waals surface area contributed by atoms with E-state index in [1.165, 1.54) is 12.0 Å². The normalized spacial score (nSPS) is 12.4. The Morgan fingerprint density at radius 3 is 2.22 bits per heavy atom. The topological polar surface area (TPSA) is 70.4 Å². The van der Waals surface area contributed by atoms with E-state index in [0.29, 0.717) is 12.8 Å². The zero-order chi connectivity index (χ0) is 14.3. The second kappa shape index (κ2) is 7.00. The highest BCUT2D eigenvalue weighted by Gasteiger charge is 2.37. The van der Waals surface area contributed by atoms with Gasteiger partial charge >= 0.3 is 5.97 Å². The molecule has 0 radical (unpaired) electrons. The van der Waals surface area contributed by atoms with Crippen molar-refractivity contribution >= 4 is 11.9 Å². The summed E-state index contributed by atoms with van der Waals surface area (Å²) >= 11 is 0. The fraction of sp³-hybridized carbons (Fsp3) is 0.769. The fourth-order valence-corrected chi connectivity index (χ4v) is 1.89. The fourth-order valence-electron chi connectivity index (χ4n) is 1.89. The summed E-state index contributed by atoms with van der Waals surface area (Å²) in [6.07, 6.45) is 0.936. The molecule has 0 fully saturated rings. The van der Waals surface area contributed by atoms with E-state index >= 15 is 0 Å². The molecule has 18 heavy (non-hydrogen) atoms. The van der Waals surface area contributed by atoms with E-state index in [1.54, 1.807) is 14.0 Å². The predicted octanol–water partition coefficient (Wildman–Crippen LogP) is 1.58. The Morgan fingerprint density at radius 1 is 1.39 bits per heavy atom. The number of nitriles is 1. The maximum Gasteiger partial charge on any atom is 0.310 e. The van der Waals surface area contributed by atoms with Gasteiger partial charge in [-0.1, -0.05) is 20.8 Å². The molecular formula is C13H22N2O3. The smallest absolute Gasteiger partial charge is 0.310 e. The van der Waals surface area contributed by atoms with Gasteiger partial charge in [0.25, 0.3) is 0 Å². The molecule has 0 aliphatic rings. The average Bonchev–Trinajstić information content (AvgIpc) is 2.39. The molecule has 0 aromatic carbocycles. The van der Waals surface area contributed by atoms with Crippen LogP contribution in [0.15, 0.2) is 0 Å². The van der Waals surface area contributed by atoms with Crippen LogP contribution in [0.2, 0.25) is 0 Å². The third kappa shape index (κ3) is 3.46. The van der Waals surface area contributed by atoms with E-state index in [2.05, 4.69) is 10.8 Å². The van der Waals surface area contributed by atoms with Crippen LogP contribution < -0.4 is 0 Å². The summed E-state index contributed by atoms with van der Waals surface area (Å²) in [6, 6.07) is 2.10. The van der Waals surface area contributed by atoms with Gasteiger partial charge in [0, 0.05) is 13.6 Å². The van der Waals surface area contributed by atoms with Gasteiger partial charge in [-0.15, -0.1) is 0 Å². The summed E-state index contributed by atoms with van der Waals surface area (Å²) in [7, 11) is 2.93. The van der Waals surface area contributed by atoms with Crippen molar-refractivity contribution in [1.82, 2.24) is 4.90 Å². The zero-order valence-corrected chi connectivity index (χ0v) is 11.8. The summed E-state index contributed by atoms with van der Waals surface area (Å²) < 4.78 is 4.62. The highest BCUT2D eigenvalue weighted by molar-refractivity contribution is 5.85. The van der Waals surface area contributed by atoms with Crippen LogP contribution >= 0.6 is 0 Å². The van der Waals surface area contributed by atoms with Crippen molar-refractivity contribution in [3.05, 3.63) is 0 Å². The predicted molar refractivity (Wildman–Crippen MR) is 67.4 cm³/mol. The number of hydrogen-bond acceptors (Lipinski definition) is 4. The SMILES string of the molecule is CCC(C#N)(CC)C(=O)N(C)CC(C)C(=O)OC. The second-order valence-corrected chi connectivity index (χ2v) is 4.51. The molecule has 0 aromatic heterocycles. The maximum atomic E-state index is 12.3. The van der Waals surface area contributed by atoms with Gasteiger partial charge in [0.15, 0.2) is 0 Å². The Hall–Kier alpha value is -1.57. The lowest BCUT2D eigenvalue weighted by atomic mass is 9.82. The van der Waals surface area contributed by atoms with E-state index in [0.717, 1.165) is 0 Å². The minimum absolute atomic E-state index is 0.231. The van der Waals surface area contributed by atoms with Crippen molar-refractivity contribution in [1.29, 1.82) is 5.26 Å². The van der Waals surface area contributed by atoms with Gasteiger partial charge in [-0.2, -0.15) is 5.26 Å². The molecule has 0 aliphatic carbocycles. The number of ether oxygens (including phenoxy) is 1. The van der Waals surface area contributed by atoms with Crippen molar-refractivity contribution in [2.24, 2.45) is 11.3 Å². The van der Waals surface area contributed by atoms with Gasteiger partial charge in [0.2, 0.25) is 5.91 Å². The van der Waals surface area contributed by atoms with Crippen LogP contribution in [0.4, 0.5) is 0 Å². The summed E-state index contributed by atoms with van der Waals surface area (Å²) in [5.74, 6) is -0.981. The minimum Gasteiger partial charge on any atom is -0.469 e. The first-order valence-electron chi connectivity index (χ1n) is 6.13. The van der Waals surface area contributed by atoms with Crippen LogP contribution in [0.5, 0.6) is 0 Å². The Kier molecular flexibility index (Phi) is 6.39. The van der Waals surface area contributed by atoms with Crippen LogP contribution in [0, 0.1) is 22.7 Å². The maximum absolute atomic E-state index is 12.3. The number of methoxy groups -OCH3 is 1. The largest absolute Gasteiger partial charge is 0.469 e. The Labute approximate surface area is 109 Å². The molecule has 0 aromatic rings. The second-order valence-electron chi connectivity index (χ2n) is 4.51. The van der Waals surface area contributed by atoms with Crippen LogP contribution in [0.25, 0.3) is 0 Å². The molecule has 102 valence electrons. The van der Waals surface area contributed by atoms with Crippen molar-refractivity contribution in [2.45, 2.75) is 33.6 Å². The number of carbonyl (C=O) groups excluding carboxylic acids is 2. The van der Waals surface area contributed by atoms with Gasteiger partial charge in [-0.25, -0.2) is 0 Å². The lowest BCUT2D eigenvalue weighted by Gasteiger charge is -2.29.